The third-order valence-corrected chi connectivity index (χ3v) is 3.70. The number of benzene rings is 1. The first kappa shape index (κ1) is 17.3. The maximum absolute atomic E-state index is 12.1. The Morgan fingerprint density at radius 2 is 2.04 bits per heavy atom. The summed E-state index contributed by atoms with van der Waals surface area (Å²) in [5.74, 6) is 0.194. The standard InChI is InChI=1S/C15H16Cl2N4O2/c1-7-12(14(22)19-3)13(21-15(18)20-7)8(2)23-11-5-4-9(16)6-10(11)17/h4-6,8H,1-3H3,(H,19,22)(H2,18,20,21). The Balaban J connectivity index is 2.42. The van der Waals surface area contributed by atoms with Crippen LogP contribution < -0.4 is 15.8 Å². The monoisotopic (exact) mass is 354 g/mol. The first-order chi connectivity index (χ1) is 10.8. The zero-order valence-electron chi connectivity index (χ0n) is 12.9. The number of amides is 1. The normalized spacial score (nSPS) is 11.9. The van der Waals surface area contributed by atoms with Gasteiger partial charge in [0.2, 0.25) is 5.95 Å². The molecule has 0 aliphatic heterocycles. The summed E-state index contributed by atoms with van der Waals surface area (Å²) in [7, 11) is 1.53. The van der Waals surface area contributed by atoms with Gasteiger partial charge in [-0.1, -0.05) is 23.2 Å². The van der Waals surface area contributed by atoms with Gasteiger partial charge in [0.25, 0.3) is 5.91 Å². The molecule has 6 nitrogen and oxygen atoms in total. The van der Waals surface area contributed by atoms with Crippen molar-refractivity contribution in [2.45, 2.75) is 20.0 Å². The summed E-state index contributed by atoms with van der Waals surface area (Å²) in [6.45, 7) is 3.44. The van der Waals surface area contributed by atoms with E-state index in [0.29, 0.717) is 32.7 Å². The van der Waals surface area contributed by atoms with Gasteiger partial charge in [-0.3, -0.25) is 4.79 Å². The molecule has 1 amide bonds. The molecule has 0 spiro atoms. The van der Waals surface area contributed by atoms with E-state index < -0.39 is 6.10 Å². The molecule has 3 N–H and O–H groups in total. The Labute approximate surface area is 144 Å². The molecule has 0 saturated heterocycles. The number of nitrogen functional groups attached to an aromatic ring is 1. The van der Waals surface area contributed by atoms with Crippen LogP contribution in [0.5, 0.6) is 5.75 Å². The number of nitrogens with zero attached hydrogens (tertiary/aromatic N) is 2. The van der Waals surface area contributed by atoms with Crippen LogP contribution in [0.1, 0.15) is 34.8 Å². The molecule has 1 aromatic heterocycles. The molecular weight excluding hydrogens is 339 g/mol. The predicted octanol–water partition coefficient (Wildman–Crippen LogP) is 3.17. The molecule has 1 heterocycles. The fraction of sp³-hybridized carbons (Fsp3) is 0.267. The highest BCUT2D eigenvalue weighted by molar-refractivity contribution is 6.35. The number of carbonyl (C=O) groups excluding carboxylic acids is 1. The van der Waals surface area contributed by atoms with E-state index in [1.807, 2.05) is 0 Å². The van der Waals surface area contributed by atoms with Crippen LogP contribution in [0.2, 0.25) is 10.0 Å². The summed E-state index contributed by atoms with van der Waals surface area (Å²) in [6, 6.07) is 4.89. The quantitative estimate of drug-likeness (QED) is 0.879. The summed E-state index contributed by atoms with van der Waals surface area (Å²) >= 11 is 12.0. The van der Waals surface area contributed by atoms with E-state index in [9.17, 15) is 4.79 Å². The summed E-state index contributed by atoms with van der Waals surface area (Å²) in [4.78, 5) is 20.3. The summed E-state index contributed by atoms with van der Waals surface area (Å²) in [5.41, 5.74) is 6.90. The maximum Gasteiger partial charge on any atom is 0.254 e. The SMILES string of the molecule is CNC(=O)c1c(C)nc(N)nc1C(C)Oc1ccc(Cl)cc1Cl. The van der Waals surface area contributed by atoms with Gasteiger partial charge in [0.15, 0.2) is 0 Å². The first-order valence-corrected chi connectivity index (χ1v) is 7.57. The summed E-state index contributed by atoms with van der Waals surface area (Å²) < 4.78 is 5.82. The molecule has 0 radical (unpaired) electrons. The van der Waals surface area contributed by atoms with E-state index in [2.05, 4.69) is 15.3 Å². The number of halogens is 2. The molecule has 0 saturated carbocycles. The number of hydrogen-bond acceptors (Lipinski definition) is 5. The molecule has 2 aromatic rings. The number of hydrogen-bond donors (Lipinski definition) is 2. The highest BCUT2D eigenvalue weighted by atomic mass is 35.5. The highest BCUT2D eigenvalue weighted by Crippen LogP contribution is 2.32. The molecular formula is C15H16Cl2N4O2. The molecule has 0 aliphatic rings. The fourth-order valence-corrected chi connectivity index (χ4v) is 2.59. The van der Waals surface area contributed by atoms with Crippen molar-refractivity contribution in [3.63, 3.8) is 0 Å². The van der Waals surface area contributed by atoms with E-state index >= 15 is 0 Å². The van der Waals surface area contributed by atoms with Gasteiger partial charge < -0.3 is 15.8 Å². The lowest BCUT2D eigenvalue weighted by molar-refractivity contribution is 0.0956. The maximum atomic E-state index is 12.1. The Hall–Kier alpha value is -2.05. The summed E-state index contributed by atoms with van der Waals surface area (Å²) in [5, 5.41) is 3.43. The second kappa shape index (κ2) is 7.02. The van der Waals surface area contributed by atoms with Crippen LogP contribution in [0.15, 0.2) is 18.2 Å². The first-order valence-electron chi connectivity index (χ1n) is 6.81. The smallest absolute Gasteiger partial charge is 0.254 e. The number of aromatic nitrogens is 2. The minimum Gasteiger partial charge on any atom is -0.483 e. The third-order valence-electron chi connectivity index (χ3n) is 3.17. The van der Waals surface area contributed by atoms with Crippen molar-refractivity contribution in [1.29, 1.82) is 0 Å². The lowest BCUT2D eigenvalue weighted by atomic mass is 10.1. The van der Waals surface area contributed by atoms with E-state index in [1.54, 1.807) is 32.0 Å². The number of nitrogens with one attached hydrogen (secondary N) is 1. The van der Waals surface area contributed by atoms with Crippen LogP contribution in [-0.2, 0) is 0 Å². The van der Waals surface area contributed by atoms with E-state index in [0.717, 1.165) is 0 Å². The zero-order chi connectivity index (χ0) is 17.1. The van der Waals surface area contributed by atoms with Crippen molar-refractivity contribution in [3.8, 4) is 5.75 Å². The van der Waals surface area contributed by atoms with Crippen LogP contribution in [0.3, 0.4) is 0 Å². The van der Waals surface area contributed by atoms with Crippen LogP contribution >= 0.6 is 23.2 Å². The number of anilines is 1. The third kappa shape index (κ3) is 3.83. The van der Waals surface area contributed by atoms with Gasteiger partial charge in [-0.05, 0) is 32.0 Å². The van der Waals surface area contributed by atoms with Crippen molar-refractivity contribution in [2.75, 3.05) is 12.8 Å². The number of ether oxygens (including phenoxy) is 1. The fourth-order valence-electron chi connectivity index (χ4n) is 2.13. The van der Waals surface area contributed by atoms with Gasteiger partial charge in [-0.2, -0.15) is 0 Å². The zero-order valence-corrected chi connectivity index (χ0v) is 14.4. The summed E-state index contributed by atoms with van der Waals surface area (Å²) in [6.07, 6.45) is -0.565. The minimum absolute atomic E-state index is 0.0720. The Morgan fingerprint density at radius 3 is 2.65 bits per heavy atom. The lowest BCUT2D eigenvalue weighted by Gasteiger charge is -2.19. The van der Waals surface area contributed by atoms with E-state index in [1.165, 1.54) is 7.05 Å². The molecule has 1 unspecified atom stereocenters. The molecule has 0 bridgehead atoms. The van der Waals surface area contributed by atoms with Gasteiger partial charge >= 0.3 is 0 Å². The van der Waals surface area contributed by atoms with E-state index in [4.69, 9.17) is 33.7 Å². The predicted molar refractivity (Wildman–Crippen MR) is 90.1 cm³/mol. The molecule has 0 aliphatic carbocycles. The molecule has 8 heteroatoms. The van der Waals surface area contributed by atoms with Crippen molar-refractivity contribution < 1.29 is 9.53 Å². The van der Waals surface area contributed by atoms with Crippen molar-refractivity contribution in [1.82, 2.24) is 15.3 Å². The van der Waals surface area contributed by atoms with Crippen LogP contribution in [0.25, 0.3) is 0 Å². The number of rotatable bonds is 4. The topological polar surface area (TPSA) is 90.1 Å². The second-order valence-electron chi connectivity index (χ2n) is 4.84. The number of nitrogens with two attached hydrogens (primary N) is 1. The average molecular weight is 355 g/mol. The minimum atomic E-state index is -0.565. The average Bonchev–Trinajstić information content (AvgIpc) is 2.48. The van der Waals surface area contributed by atoms with Crippen molar-refractivity contribution >= 4 is 35.1 Å². The largest absolute Gasteiger partial charge is 0.483 e. The number of carbonyl (C=O) groups is 1. The van der Waals surface area contributed by atoms with Gasteiger partial charge in [0.1, 0.15) is 11.9 Å². The molecule has 1 aromatic carbocycles. The Bertz CT molecular complexity index is 752. The van der Waals surface area contributed by atoms with Gasteiger partial charge in [-0.25, -0.2) is 9.97 Å². The van der Waals surface area contributed by atoms with E-state index in [-0.39, 0.29) is 11.9 Å². The molecule has 1 atom stereocenters. The second-order valence-corrected chi connectivity index (χ2v) is 5.69. The number of aryl methyl sites for hydroxylation is 1. The van der Waals surface area contributed by atoms with Crippen LogP contribution in [0.4, 0.5) is 5.95 Å². The molecule has 2 rings (SSSR count). The van der Waals surface area contributed by atoms with Crippen molar-refractivity contribution in [2.24, 2.45) is 0 Å². The van der Waals surface area contributed by atoms with Crippen LogP contribution in [0, 0.1) is 6.92 Å². The Kier molecular flexibility index (Phi) is 5.28. The molecule has 23 heavy (non-hydrogen) atoms. The van der Waals surface area contributed by atoms with Gasteiger partial charge in [0, 0.05) is 12.1 Å². The lowest BCUT2D eigenvalue weighted by Crippen LogP contribution is -2.24. The van der Waals surface area contributed by atoms with Gasteiger partial charge in [-0.15, -0.1) is 0 Å². The Morgan fingerprint density at radius 1 is 1.35 bits per heavy atom. The molecule has 0 fully saturated rings. The molecule has 122 valence electrons. The highest BCUT2D eigenvalue weighted by Gasteiger charge is 2.23. The van der Waals surface area contributed by atoms with Gasteiger partial charge in [0.05, 0.1) is 22.0 Å². The van der Waals surface area contributed by atoms with Crippen LogP contribution in [-0.4, -0.2) is 22.9 Å². The van der Waals surface area contributed by atoms with Crippen molar-refractivity contribution in [3.05, 3.63) is 45.2 Å².